The molecule has 1 aliphatic rings. The van der Waals surface area contributed by atoms with Crippen molar-refractivity contribution in [1.29, 1.82) is 0 Å². The molecule has 0 spiro atoms. The second-order valence-corrected chi connectivity index (χ2v) is 5.97. The molecule has 0 radical (unpaired) electrons. The lowest BCUT2D eigenvalue weighted by molar-refractivity contribution is 0.0882. The van der Waals surface area contributed by atoms with Crippen LogP contribution < -0.4 is 14.2 Å². The van der Waals surface area contributed by atoms with Crippen LogP contribution >= 0.6 is 0 Å². The highest BCUT2D eigenvalue weighted by Crippen LogP contribution is 2.42. The van der Waals surface area contributed by atoms with Crippen molar-refractivity contribution in [1.82, 2.24) is 0 Å². The van der Waals surface area contributed by atoms with Gasteiger partial charge in [0.15, 0.2) is 0 Å². The number of hydrogen-bond acceptors (Lipinski definition) is 8. The van der Waals surface area contributed by atoms with E-state index < -0.39 is 18.4 Å². The lowest BCUT2D eigenvalue weighted by Gasteiger charge is -2.30. The van der Waals surface area contributed by atoms with E-state index in [4.69, 9.17) is 18.9 Å². The summed E-state index contributed by atoms with van der Waals surface area (Å²) in [6.07, 6.45) is -2.41. The molecule has 2 aromatic rings. The van der Waals surface area contributed by atoms with Crippen molar-refractivity contribution in [2.24, 2.45) is 0 Å². The molecule has 3 rings (SSSR count). The highest BCUT2D eigenvalue weighted by atomic mass is 16.7. The van der Waals surface area contributed by atoms with Crippen molar-refractivity contribution in [2.75, 3.05) is 20.3 Å². The number of methoxy groups -OCH3 is 1. The van der Waals surface area contributed by atoms with Gasteiger partial charge in [-0.15, -0.1) is 0 Å². The summed E-state index contributed by atoms with van der Waals surface area (Å²) in [7, 11) is 1.22. The van der Waals surface area contributed by atoms with Gasteiger partial charge in [0.2, 0.25) is 0 Å². The molecule has 8 heteroatoms. The summed E-state index contributed by atoms with van der Waals surface area (Å²) < 4.78 is 24.9. The Labute approximate surface area is 161 Å². The highest BCUT2D eigenvalue weighted by molar-refractivity contribution is 5.64. The van der Waals surface area contributed by atoms with E-state index >= 15 is 0 Å². The van der Waals surface area contributed by atoms with Gasteiger partial charge in [0.1, 0.15) is 17.2 Å². The van der Waals surface area contributed by atoms with Crippen LogP contribution in [0.3, 0.4) is 0 Å². The predicted molar refractivity (Wildman–Crippen MR) is 96.8 cm³/mol. The molecule has 0 fully saturated rings. The van der Waals surface area contributed by atoms with Gasteiger partial charge in [-0.1, -0.05) is 12.1 Å². The fourth-order valence-electron chi connectivity index (χ4n) is 2.88. The molecule has 0 aromatic heterocycles. The van der Waals surface area contributed by atoms with Gasteiger partial charge in [-0.2, -0.15) is 0 Å². The van der Waals surface area contributed by atoms with Gasteiger partial charge >= 0.3 is 12.3 Å². The number of aliphatic hydroxyl groups is 1. The molecule has 28 heavy (non-hydrogen) atoms. The van der Waals surface area contributed by atoms with Crippen LogP contribution in [-0.4, -0.2) is 37.7 Å². The van der Waals surface area contributed by atoms with Crippen molar-refractivity contribution in [2.45, 2.75) is 18.9 Å². The number of hydrogen-bond donors (Lipinski definition) is 1. The third kappa shape index (κ3) is 4.34. The molecule has 1 heterocycles. The summed E-state index contributed by atoms with van der Waals surface area (Å²) >= 11 is 0. The van der Waals surface area contributed by atoms with Gasteiger partial charge in [-0.3, -0.25) is 0 Å². The molecule has 2 aromatic carbocycles. The number of aliphatic hydroxyl groups excluding tert-OH is 1. The standard InChI is InChI=1S/C20H20O8/c1-3-25-20(23)27-13-6-4-12(5-7-13)16-11-26-17-10-14(28-19(22)24-2)8-9-15(17)18(16)21/h4-10,16,18,21H,3,11H2,1-2H3. The first-order chi connectivity index (χ1) is 13.5. The topological polar surface area (TPSA) is 101 Å². The molecule has 1 N–H and O–H groups in total. The van der Waals surface area contributed by atoms with Crippen molar-refractivity contribution >= 4 is 12.3 Å². The molecule has 8 nitrogen and oxygen atoms in total. The van der Waals surface area contributed by atoms with E-state index in [2.05, 4.69) is 4.74 Å². The Morgan fingerprint density at radius 2 is 1.75 bits per heavy atom. The molecule has 0 amide bonds. The zero-order chi connectivity index (χ0) is 20.1. The summed E-state index contributed by atoms with van der Waals surface area (Å²) in [6, 6.07) is 11.5. The summed E-state index contributed by atoms with van der Waals surface area (Å²) in [5.41, 5.74) is 1.41. The lowest BCUT2D eigenvalue weighted by atomic mass is 9.87. The molecular formula is C20H20O8. The van der Waals surface area contributed by atoms with E-state index in [1.54, 1.807) is 43.3 Å². The molecule has 0 bridgehead atoms. The van der Waals surface area contributed by atoms with Crippen molar-refractivity contribution in [3.05, 3.63) is 53.6 Å². The number of ether oxygens (including phenoxy) is 5. The van der Waals surface area contributed by atoms with Crippen LogP contribution in [0.15, 0.2) is 42.5 Å². The summed E-state index contributed by atoms with van der Waals surface area (Å²) in [4.78, 5) is 22.6. The second-order valence-electron chi connectivity index (χ2n) is 5.97. The molecule has 0 aliphatic carbocycles. The molecule has 148 valence electrons. The van der Waals surface area contributed by atoms with E-state index in [0.717, 1.165) is 5.56 Å². The summed E-state index contributed by atoms with van der Waals surface area (Å²) in [6.45, 7) is 2.15. The Bertz CT molecular complexity index is 846. The van der Waals surface area contributed by atoms with Gasteiger partial charge < -0.3 is 28.8 Å². The Morgan fingerprint density at radius 3 is 2.43 bits per heavy atom. The second kappa shape index (κ2) is 8.62. The first-order valence-electron chi connectivity index (χ1n) is 8.67. The van der Waals surface area contributed by atoms with Gasteiger partial charge in [-0.05, 0) is 36.8 Å². The maximum absolute atomic E-state index is 11.4. The smallest absolute Gasteiger partial charge is 0.492 e. The van der Waals surface area contributed by atoms with Crippen molar-refractivity contribution < 1.29 is 38.4 Å². The maximum Gasteiger partial charge on any atom is 0.513 e. The Hall–Kier alpha value is -3.26. The van der Waals surface area contributed by atoms with Gasteiger partial charge in [0.05, 0.1) is 26.4 Å². The number of fused-ring (bicyclic) bond motifs is 1. The van der Waals surface area contributed by atoms with Crippen LogP contribution in [0.25, 0.3) is 0 Å². The third-order valence-corrected chi connectivity index (χ3v) is 4.24. The first-order valence-corrected chi connectivity index (χ1v) is 8.67. The zero-order valence-corrected chi connectivity index (χ0v) is 15.4. The molecule has 0 saturated heterocycles. The first kappa shape index (κ1) is 19.5. The molecule has 0 saturated carbocycles. The van der Waals surface area contributed by atoms with E-state index in [-0.39, 0.29) is 24.9 Å². The fourth-order valence-corrected chi connectivity index (χ4v) is 2.88. The van der Waals surface area contributed by atoms with Crippen molar-refractivity contribution in [3.63, 3.8) is 0 Å². The monoisotopic (exact) mass is 388 g/mol. The summed E-state index contributed by atoms with van der Waals surface area (Å²) in [5.74, 6) is 0.735. The molecule has 2 atom stereocenters. The van der Waals surface area contributed by atoms with Crippen LogP contribution in [-0.2, 0) is 9.47 Å². The number of carbonyl (C=O) groups excluding carboxylic acids is 2. The quantitative estimate of drug-likeness (QED) is 0.627. The predicted octanol–water partition coefficient (Wildman–Crippen LogP) is 3.58. The van der Waals surface area contributed by atoms with Gasteiger partial charge in [0.25, 0.3) is 0 Å². The van der Waals surface area contributed by atoms with Crippen molar-refractivity contribution in [3.8, 4) is 17.2 Å². The largest absolute Gasteiger partial charge is 0.513 e. The molecule has 2 unspecified atom stereocenters. The van der Waals surface area contributed by atoms with Crippen LogP contribution in [0.5, 0.6) is 17.2 Å². The minimum atomic E-state index is -0.834. The van der Waals surface area contributed by atoms with E-state index in [9.17, 15) is 14.7 Å². The zero-order valence-electron chi connectivity index (χ0n) is 15.4. The third-order valence-electron chi connectivity index (χ3n) is 4.24. The molecular weight excluding hydrogens is 368 g/mol. The Morgan fingerprint density at radius 1 is 1.07 bits per heavy atom. The fraction of sp³-hybridized carbons (Fsp3) is 0.300. The Balaban J connectivity index is 1.72. The highest BCUT2D eigenvalue weighted by Gasteiger charge is 2.31. The Kier molecular flexibility index (Phi) is 6.00. The summed E-state index contributed by atoms with van der Waals surface area (Å²) in [5, 5.41) is 10.8. The number of carbonyl (C=O) groups is 2. The number of rotatable bonds is 4. The normalized spacial score (nSPS) is 17.7. The van der Waals surface area contributed by atoms with Crippen LogP contribution in [0, 0.1) is 0 Å². The van der Waals surface area contributed by atoms with E-state index in [0.29, 0.717) is 17.1 Å². The van der Waals surface area contributed by atoms with Gasteiger partial charge in [-0.25, -0.2) is 9.59 Å². The van der Waals surface area contributed by atoms with Gasteiger partial charge in [0, 0.05) is 17.5 Å². The number of benzene rings is 2. The van der Waals surface area contributed by atoms with Crippen LogP contribution in [0.1, 0.15) is 30.1 Å². The van der Waals surface area contributed by atoms with E-state index in [1.165, 1.54) is 13.2 Å². The van der Waals surface area contributed by atoms with Crippen LogP contribution in [0.2, 0.25) is 0 Å². The SMILES string of the molecule is CCOC(=O)Oc1ccc(C2COc3cc(OC(=O)OC)ccc3C2O)cc1. The average Bonchev–Trinajstić information content (AvgIpc) is 2.69. The minimum absolute atomic E-state index is 0.230. The maximum atomic E-state index is 11.4. The van der Waals surface area contributed by atoms with E-state index in [1.807, 2.05) is 0 Å². The lowest BCUT2D eigenvalue weighted by Crippen LogP contribution is -2.24. The average molecular weight is 388 g/mol. The molecule has 1 aliphatic heterocycles. The minimum Gasteiger partial charge on any atom is -0.492 e. The van der Waals surface area contributed by atoms with Crippen LogP contribution in [0.4, 0.5) is 9.59 Å².